The van der Waals surface area contributed by atoms with Gasteiger partial charge in [-0.15, -0.1) is 0 Å². The normalized spacial score (nSPS) is 11.0. The Hall–Kier alpha value is -3.61. The summed E-state index contributed by atoms with van der Waals surface area (Å²) in [5.74, 6) is -0.158. The largest absolute Gasteiger partial charge is 0.490 e. The van der Waals surface area contributed by atoms with Crippen LogP contribution < -0.4 is 20.1 Å². The molecule has 0 unspecified atom stereocenters. The van der Waals surface area contributed by atoms with Crippen molar-refractivity contribution in [3.63, 3.8) is 0 Å². The van der Waals surface area contributed by atoms with Crippen molar-refractivity contribution in [2.75, 3.05) is 23.8 Å². The number of hydrogen-bond donors (Lipinski definition) is 2. The molecule has 39 heavy (non-hydrogen) atoms. The van der Waals surface area contributed by atoms with E-state index in [1.54, 1.807) is 12.1 Å². The van der Waals surface area contributed by atoms with E-state index in [4.69, 9.17) is 9.47 Å². The fourth-order valence-corrected chi connectivity index (χ4v) is 4.78. The van der Waals surface area contributed by atoms with Gasteiger partial charge >= 0.3 is 0 Å². The molecule has 2 amide bonds. The molecule has 0 saturated heterocycles. The summed E-state index contributed by atoms with van der Waals surface area (Å²) in [4.78, 5) is 25.5. The lowest BCUT2D eigenvalue weighted by Gasteiger charge is -2.15. The number of benzene rings is 3. The molecule has 0 aliphatic rings. The number of amides is 2. The van der Waals surface area contributed by atoms with Crippen LogP contribution in [-0.4, -0.2) is 25.0 Å². The molecular weight excluding hydrogens is 626 g/mol. The summed E-state index contributed by atoms with van der Waals surface area (Å²) in [6, 6.07) is 14.9. The van der Waals surface area contributed by atoms with Gasteiger partial charge in [-0.2, -0.15) is 5.26 Å². The quantitative estimate of drug-likeness (QED) is 0.185. The minimum atomic E-state index is -0.519. The lowest BCUT2D eigenvalue weighted by atomic mass is 10.1. The Balaban J connectivity index is 1.80. The molecule has 0 heterocycles. The summed E-state index contributed by atoms with van der Waals surface area (Å²) >= 11 is 6.96. The van der Waals surface area contributed by atoms with Gasteiger partial charge in [0.25, 0.3) is 11.8 Å². The van der Waals surface area contributed by atoms with E-state index in [9.17, 15) is 14.9 Å². The zero-order valence-electron chi connectivity index (χ0n) is 22.4. The molecule has 0 spiro atoms. The highest BCUT2D eigenvalue weighted by molar-refractivity contribution is 9.11. The molecule has 3 aromatic rings. The fraction of sp³-hybridized carbons (Fsp3) is 0.233. The molecule has 0 fully saturated rings. The second-order valence-electron chi connectivity index (χ2n) is 8.96. The topological polar surface area (TPSA) is 100 Å². The monoisotopic (exact) mass is 653 g/mol. The van der Waals surface area contributed by atoms with Gasteiger partial charge < -0.3 is 20.1 Å². The molecule has 202 valence electrons. The molecule has 0 atom stereocenters. The number of anilines is 2. The maximum Gasteiger partial charge on any atom is 0.266 e. The summed E-state index contributed by atoms with van der Waals surface area (Å²) in [6.45, 7) is 9.69. The maximum atomic E-state index is 12.8. The van der Waals surface area contributed by atoms with Crippen LogP contribution in [0, 0.1) is 39.0 Å². The summed E-state index contributed by atoms with van der Waals surface area (Å²) in [6.07, 6.45) is 1.47. The Morgan fingerprint density at radius 2 is 1.62 bits per heavy atom. The fourth-order valence-electron chi connectivity index (χ4n) is 3.65. The van der Waals surface area contributed by atoms with Gasteiger partial charge in [0.2, 0.25) is 0 Å². The highest BCUT2D eigenvalue weighted by atomic mass is 79.9. The Kier molecular flexibility index (Phi) is 10.3. The highest BCUT2D eigenvalue weighted by Crippen LogP contribution is 2.38. The molecule has 9 heteroatoms. The molecule has 0 radical (unpaired) electrons. The average molecular weight is 655 g/mol. The Morgan fingerprint density at radius 1 is 0.897 bits per heavy atom. The highest BCUT2D eigenvalue weighted by Gasteiger charge is 2.17. The van der Waals surface area contributed by atoms with Crippen molar-refractivity contribution in [3.05, 3.63) is 84.8 Å². The molecule has 3 aromatic carbocycles. The summed E-state index contributed by atoms with van der Waals surface area (Å²) in [7, 11) is 0. The lowest BCUT2D eigenvalue weighted by molar-refractivity contribution is -0.118. The van der Waals surface area contributed by atoms with Gasteiger partial charge in [-0.1, -0.05) is 12.1 Å². The summed E-state index contributed by atoms with van der Waals surface area (Å²) in [5.41, 5.74) is 5.83. The van der Waals surface area contributed by atoms with Crippen molar-refractivity contribution in [3.8, 4) is 17.6 Å². The summed E-state index contributed by atoms with van der Waals surface area (Å²) < 4.78 is 12.9. The zero-order valence-corrected chi connectivity index (χ0v) is 25.5. The van der Waals surface area contributed by atoms with E-state index < -0.39 is 5.91 Å². The molecule has 0 aliphatic heterocycles. The van der Waals surface area contributed by atoms with Gasteiger partial charge in [0.05, 0.1) is 16.8 Å². The molecule has 3 rings (SSSR count). The van der Waals surface area contributed by atoms with Crippen LogP contribution in [0.4, 0.5) is 11.4 Å². The van der Waals surface area contributed by atoms with Crippen LogP contribution in [0.1, 0.15) is 34.7 Å². The summed E-state index contributed by atoms with van der Waals surface area (Å²) in [5, 5.41) is 15.3. The SMILES string of the molecule is CCOc1cc(/C=C(/C#N)C(=O)Nc2cc(C)ccc2C)cc(Br)c1OCC(=O)Nc1cc(C)c(C)cc1Br. The smallest absolute Gasteiger partial charge is 0.266 e. The number of halogens is 2. The van der Waals surface area contributed by atoms with E-state index in [1.807, 2.05) is 71.0 Å². The van der Waals surface area contributed by atoms with E-state index in [1.165, 1.54) is 6.08 Å². The van der Waals surface area contributed by atoms with Crippen LogP contribution in [0.2, 0.25) is 0 Å². The number of nitrogens with one attached hydrogen (secondary N) is 2. The Morgan fingerprint density at radius 3 is 2.31 bits per heavy atom. The first-order valence-electron chi connectivity index (χ1n) is 12.2. The van der Waals surface area contributed by atoms with E-state index >= 15 is 0 Å². The molecule has 0 bridgehead atoms. The molecule has 0 saturated carbocycles. The van der Waals surface area contributed by atoms with E-state index in [2.05, 4.69) is 42.5 Å². The van der Waals surface area contributed by atoms with Crippen molar-refractivity contribution >= 4 is 61.1 Å². The minimum absolute atomic E-state index is 0.0720. The average Bonchev–Trinajstić information content (AvgIpc) is 2.87. The number of hydrogen-bond acceptors (Lipinski definition) is 5. The van der Waals surface area contributed by atoms with Gasteiger partial charge in [0, 0.05) is 10.2 Å². The van der Waals surface area contributed by atoms with Crippen LogP contribution in [0.15, 0.2) is 57.0 Å². The van der Waals surface area contributed by atoms with Gasteiger partial charge in [0.1, 0.15) is 11.6 Å². The first kappa shape index (κ1) is 29.9. The first-order chi connectivity index (χ1) is 18.5. The second-order valence-corrected chi connectivity index (χ2v) is 10.7. The van der Waals surface area contributed by atoms with Crippen molar-refractivity contribution in [1.29, 1.82) is 5.26 Å². The molecule has 7 nitrogen and oxygen atoms in total. The van der Waals surface area contributed by atoms with Crippen molar-refractivity contribution in [2.45, 2.75) is 34.6 Å². The van der Waals surface area contributed by atoms with E-state index in [-0.39, 0.29) is 18.1 Å². The Labute approximate surface area is 245 Å². The van der Waals surface area contributed by atoms with Crippen LogP contribution in [-0.2, 0) is 9.59 Å². The number of carbonyl (C=O) groups is 2. The number of nitrogens with zero attached hydrogens (tertiary/aromatic N) is 1. The minimum Gasteiger partial charge on any atom is -0.490 e. The molecular formula is C30H29Br2N3O4. The van der Waals surface area contributed by atoms with Gasteiger partial charge in [-0.3, -0.25) is 9.59 Å². The van der Waals surface area contributed by atoms with Crippen LogP contribution >= 0.6 is 31.9 Å². The van der Waals surface area contributed by atoms with Crippen molar-refractivity contribution in [1.82, 2.24) is 0 Å². The maximum absolute atomic E-state index is 12.8. The van der Waals surface area contributed by atoms with Gasteiger partial charge in [-0.05, 0) is 131 Å². The predicted molar refractivity (Wildman–Crippen MR) is 161 cm³/mol. The number of nitriles is 1. The van der Waals surface area contributed by atoms with Crippen molar-refractivity contribution in [2.24, 2.45) is 0 Å². The third-order valence-corrected chi connectivity index (χ3v) is 7.10. The standard InChI is InChI=1S/C30H29Br2N3O4/c1-6-38-27-14-21(12-22(15-33)30(37)35-25-9-17(2)7-8-18(25)3)13-24(32)29(27)39-16-28(36)34-26-11-20(5)19(4)10-23(26)31/h7-14H,6,16H2,1-5H3,(H,34,36)(H,35,37)/b22-12-. The third-order valence-electron chi connectivity index (χ3n) is 5.85. The van der Waals surface area contributed by atoms with E-state index in [0.717, 1.165) is 26.7 Å². The van der Waals surface area contributed by atoms with Crippen molar-refractivity contribution < 1.29 is 19.1 Å². The number of rotatable bonds is 9. The number of carbonyl (C=O) groups excluding carboxylic acids is 2. The van der Waals surface area contributed by atoms with E-state index in [0.29, 0.717) is 39.5 Å². The molecule has 0 aliphatic carbocycles. The lowest BCUT2D eigenvalue weighted by Crippen LogP contribution is -2.21. The zero-order chi connectivity index (χ0) is 28.7. The number of aryl methyl sites for hydroxylation is 4. The third kappa shape index (κ3) is 7.94. The van der Waals surface area contributed by atoms with Gasteiger partial charge in [-0.25, -0.2) is 0 Å². The van der Waals surface area contributed by atoms with Crippen LogP contribution in [0.5, 0.6) is 11.5 Å². The molecule has 0 aromatic heterocycles. The van der Waals surface area contributed by atoms with Crippen LogP contribution in [0.25, 0.3) is 6.08 Å². The molecule has 2 N–H and O–H groups in total. The van der Waals surface area contributed by atoms with Crippen LogP contribution in [0.3, 0.4) is 0 Å². The second kappa shape index (κ2) is 13.5. The predicted octanol–water partition coefficient (Wildman–Crippen LogP) is 7.41. The number of ether oxygens (including phenoxy) is 2. The first-order valence-corrected chi connectivity index (χ1v) is 13.8. The Bertz CT molecular complexity index is 1490. The van der Waals surface area contributed by atoms with Gasteiger partial charge in [0.15, 0.2) is 18.1 Å².